The van der Waals surface area contributed by atoms with Crippen molar-refractivity contribution in [1.82, 2.24) is 0 Å². The van der Waals surface area contributed by atoms with Crippen LogP contribution in [0.1, 0.15) is 44.4 Å². The minimum absolute atomic E-state index is 0. The van der Waals surface area contributed by atoms with Crippen molar-refractivity contribution in [3.05, 3.63) is 79.8 Å². The molecule has 0 N–H and O–H groups in total. The maximum Gasteiger partial charge on any atom is -1.00 e. The monoisotopic (exact) mass is 512 g/mol. The van der Waals surface area contributed by atoms with E-state index >= 15 is 0 Å². The number of rotatable bonds is 3. The van der Waals surface area contributed by atoms with E-state index in [-0.39, 0.29) is 42.3 Å². The van der Waals surface area contributed by atoms with Gasteiger partial charge < -0.3 is 37.2 Å². The minimum atomic E-state index is -2.10. The molecule has 0 amide bonds. The summed E-state index contributed by atoms with van der Waals surface area (Å²) in [6.07, 6.45) is 0. The van der Waals surface area contributed by atoms with Crippen molar-refractivity contribution in [3.8, 4) is 0 Å². The molecule has 160 valence electrons. The van der Waals surface area contributed by atoms with E-state index in [1.165, 1.54) is 33.0 Å². The fourth-order valence-electron chi connectivity index (χ4n) is 4.93. The average Bonchev–Trinajstić information content (AvgIpc) is 2.77. The molecule has 0 aromatic heterocycles. The Labute approximate surface area is 214 Å². The van der Waals surface area contributed by atoms with E-state index in [4.69, 9.17) is 0 Å². The van der Waals surface area contributed by atoms with Crippen molar-refractivity contribution in [1.29, 1.82) is 0 Å². The largest absolute Gasteiger partial charge is 1.00 e. The van der Waals surface area contributed by atoms with Gasteiger partial charge in [-0.3, -0.25) is 0 Å². The average molecular weight is 514 g/mol. The van der Waals surface area contributed by atoms with Gasteiger partial charge in [0.05, 0.1) is 0 Å². The SMILES string of the molecule is CC1=C(C)C(C)([Si](C)(c2ccc(C)cc2)c2cc(C)cc(C)c2)[C]([Ti+3])=C1C.[Cl-].[Cl-].[Cl-]. The summed E-state index contributed by atoms with van der Waals surface area (Å²) in [5.74, 6) is 0. The van der Waals surface area contributed by atoms with E-state index in [1.54, 1.807) is 14.6 Å². The van der Waals surface area contributed by atoms with Crippen LogP contribution < -0.4 is 47.6 Å². The molecule has 0 heterocycles. The molecule has 2 atom stereocenters. The fourth-order valence-corrected chi connectivity index (χ4v) is 11.7. The van der Waals surface area contributed by atoms with Crippen LogP contribution in [0.3, 0.4) is 0 Å². The molecule has 0 aliphatic heterocycles. The number of hydrogen-bond acceptors (Lipinski definition) is 0. The normalized spacial score (nSPS) is 20.2. The Hall–Kier alpha value is -0.279. The molecular formula is C25H31Cl3SiTi. The quantitative estimate of drug-likeness (QED) is 0.379. The second-order valence-electron chi connectivity index (χ2n) is 8.74. The topological polar surface area (TPSA) is 0 Å². The second-order valence-corrected chi connectivity index (χ2v) is 13.9. The molecule has 0 radical (unpaired) electrons. The summed E-state index contributed by atoms with van der Waals surface area (Å²) in [5.41, 5.74) is 8.61. The summed E-state index contributed by atoms with van der Waals surface area (Å²) in [6.45, 7) is 18.7. The third kappa shape index (κ3) is 4.45. The van der Waals surface area contributed by atoms with E-state index in [2.05, 4.69) is 118 Å². The molecule has 0 bridgehead atoms. The maximum absolute atomic E-state index is 2.59. The Kier molecular flexibility index (Phi) is 10.5. The summed E-state index contributed by atoms with van der Waals surface area (Å²) in [5, 5.41) is 3.17. The molecule has 0 saturated heterocycles. The summed E-state index contributed by atoms with van der Waals surface area (Å²) in [6, 6.07) is 16.6. The number of benzene rings is 2. The van der Waals surface area contributed by atoms with E-state index < -0.39 is 8.07 Å². The van der Waals surface area contributed by atoms with Crippen molar-refractivity contribution in [2.45, 2.75) is 60.1 Å². The van der Waals surface area contributed by atoms with Gasteiger partial charge in [-0.25, -0.2) is 0 Å². The van der Waals surface area contributed by atoms with Gasteiger partial charge in [0.2, 0.25) is 0 Å². The molecule has 0 fully saturated rings. The van der Waals surface area contributed by atoms with Crippen LogP contribution in [0, 0.1) is 20.8 Å². The third-order valence-corrected chi connectivity index (χ3v) is 14.5. The molecule has 5 heteroatoms. The summed E-state index contributed by atoms with van der Waals surface area (Å²) in [7, 11) is -2.10. The van der Waals surface area contributed by atoms with Crippen LogP contribution in [0.5, 0.6) is 0 Å². The van der Waals surface area contributed by atoms with E-state index in [9.17, 15) is 0 Å². The maximum atomic E-state index is 2.59. The van der Waals surface area contributed by atoms with Gasteiger partial charge in [-0.15, -0.1) is 0 Å². The van der Waals surface area contributed by atoms with Crippen LogP contribution in [0.2, 0.25) is 11.6 Å². The molecule has 2 unspecified atom stereocenters. The van der Waals surface area contributed by atoms with Gasteiger partial charge in [0, 0.05) is 0 Å². The van der Waals surface area contributed by atoms with Gasteiger partial charge in [0.25, 0.3) is 0 Å². The molecule has 1 aliphatic carbocycles. The summed E-state index contributed by atoms with van der Waals surface area (Å²) >= 11 is 2.37. The van der Waals surface area contributed by atoms with Gasteiger partial charge in [0.1, 0.15) is 0 Å². The van der Waals surface area contributed by atoms with Crippen LogP contribution >= 0.6 is 0 Å². The zero-order valence-electron chi connectivity index (χ0n) is 19.2. The summed E-state index contributed by atoms with van der Waals surface area (Å²) in [4.78, 5) is 0. The van der Waals surface area contributed by atoms with E-state index in [0.29, 0.717) is 0 Å². The van der Waals surface area contributed by atoms with Crippen LogP contribution in [0.4, 0.5) is 0 Å². The number of aryl methyl sites for hydroxylation is 3. The predicted octanol–water partition coefficient (Wildman–Crippen LogP) is -3.25. The Morgan fingerprint density at radius 2 is 1.13 bits per heavy atom. The Morgan fingerprint density at radius 3 is 1.53 bits per heavy atom. The van der Waals surface area contributed by atoms with Crippen LogP contribution in [0.25, 0.3) is 0 Å². The molecule has 1 aliphatic rings. The first kappa shape index (κ1) is 29.7. The molecule has 0 saturated carbocycles. The van der Waals surface area contributed by atoms with Crippen molar-refractivity contribution in [2.24, 2.45) is 0 Å². The zero-order chi connectivity index (χ0) is 20.1. The molecule has 0 nitrogen and oxygen atoms in total. The molecule has 0 spiro atoms. The predicted molar refractivity (Wildman–Crippen MR) is 117 cm³/mol. The van der Waals surface area contributed by atoms with Gasteiger partial charge in [-0.1, -0.05) is 0 Å². The Morgan fingerprint density at radius 1 is 0.667 bits per heavy atom. The van der Waals surface area contributed by atoms with Crippen LogP contribution in [-0.4, -0.2) is 8.07 Å². The molecule has 2 aromatic carbocycles. The number of hydrogen-bond donors (Lipinski definition) is 0. The van der Waals surface area contributed by atoms with Gasteiger partial charge >= 0.3 is 179 Å². The fraction of sp³-hybridized carbons (Fsp3) is 0.360. The Balaban J connectivity index is 0.00000280. The standard InChI is InChI=1S/C25H31Si.3ClH.Ti/c1-17-9-11-23(12-10-17)26(8,24-14-18(2)13-19(3)15-24)25(7)16-20(4)21(5)22(25)6;;;;/h9-15H,1-8H3;3*1H;/q;;;;+3/p-3. The third-order valence-electron chi connectivity index (χ3n) is 7.18. The smallest absolute Gasteiger partial charge is 1.00 e. The first-order valence-electron chi connectivity index (χ1n) is 9.80. The van der Waals surface area contributed by atoms with Crippen molar-refractivity contribution >= 4 is 18.4 Å². The molecular weight excluding hydrogens is 483 g/mol. The molecule has 3 rings (SSSR count). The van der Waals surface area contributed by atoms with E-state index in [1.807, 2.05) is 0 Å². The van der Waals surface area contributed by atoms with E-state index in [0.717, 1.165) is 0 Å². The number of halogens is 3. The van der Waals surface area contributed by atoms with Gasteiger partial charge in [-0.05, 0) is 0 Å². The van der Waals surface area contributed by atoms with Crippen molar-refractivity contribution < 1.29 is 57.7 Å². The Bertz CT molecular complexity index is 932. The molecule has 30 heavy (non-hydrogen) atoms. The first-order valence-corrected chi connectivity index (χ1v) is 13.1. The number of allylic oxidation sites excluding steroid dienone is 4. The van der Waals surface area contributed by atoms with Gasteiger partial charge in [0.15, 0.2) is 0 Å². The zero-order valence-corrected chi connectivity index (χ0v) is 24.0. The van der Waals surface area contributed by atoms with Gasteiger partial charge in [-0.2, -0.15) is 0 Å². The summed E-state index contributed by atoms with van der Waals surface area (Å²) < 4.78 is 1.56. The van der Waals surface area contributed by atoms with Crippen molar-refractivity contribution in [3.63, 3.8) is 0 Å². The second kappa shape index (κ2) is 10.6. The minimum Gasteiger partial charge on any atom is -1.00 e. The van der Waals surface area contributed by atoms with Crippen LogP contribution in [-0.2, 0) is 20.4 Å². The van der Waals surface area contributed by atoms with Crippen LogP contribution in [0.15, 0.2) is 63.1 Å². The first-order chi connectivity index (χ1) is 12.5. The van der Waals surface area contributed by atoms with Crippen molar-refractivity contribution in [2.75, 3.05) is 0 Å². The molecule has 2 aromatic rings.